The van der Waals surface area contributed by atoms with Gasteiger partial charge < -0.3 is 5.32 Å². The fourth-order valence-electron chi connectivity index (χ4n) is 1.11. The largest absolute Gasteiger partial charge is 0.352 e. The van der Waals surface area contributed by atoms with Crippen LogP contribution >= 0.6 is 11.6 Å². The summed E-state index contributed by atoms with van der Waals surface area (Å²) >= 11 is 5.77. The molecule has 1 amide bonds. The van der Waals surface area contributed by atoms with Gasteiger partial charge in [-0.05, 0) is 12.1 Å². The van der Waals surface area contributed by atoms with E-state index in [1.54, 1.807) is 12.1 Å². The number of carbonyl (C=O) groups is 1. The fourth-order valence-corrected chi connectivity index (χ4v) is 1.34. The van der Waals surface area contributed by atoms with Crippen molar-refractivity contribution in [2.45, 2.75) is 6.42 Å². The predicted octanol–water partition coefficient (Wildman–Crippen LogP) is 2.32. The molecule has 1 N–H and O–H groups in total. The quantitative estimate of drug-likeness (QED) is 0.786. The highest BCUT2D eigenvalue weighted by molar-refractivity contribution is 6.31. The van der Waals surface area contributed by atoms with Crippen molar-refractivity contribution in [2.75, 3.05) is 6.54 Å². The van der Waals surface area contributed by atoms with E-state index >= 15 is 0 Å². The van der Waals surface area contributed by atoms with Crippen LogP contribution in [0.4, 0.5) is 4.39 Å². The minimum atomic E-state index is -0.462. The highest BCUT2D eigenvalue weighted by atomic mass is 35.5. The van der Waals surface area contributed by atoms with Crippen molar-refractivity contribution >= 4 is 17.5 Å². The van der Waals surface area contributed by atoms with E-state index in [9.17, 15) is 9.18 Å². The van der Waals surface area contributed by atoms with E-state index in [0.29, 0.717) is 6.54 Å². The predicted molar refractivity (Wildman–Crippen MR) is 58.3 cm³/mol. The first-order chi connectivity index (χ1) is 7.15. The van der Waals surface area contributed by atoms with Crippen LogP contribution < -0.4 is 5.32 Å². The second-order valence-electron chi connectivity index (χ2n) is 2.97. The molecule has 0 aliphatic carbocycles. The van der Waals surface area contributed by atoms with Crippen molar-refractivity contribution < 1.29 is 9.18 Å². The van der Waals surface area contributed by atoms with Crippen LogP contribution in [0.5, 0.6) is 0 Å². The number of amides is 1. The van der Waals surface area contributed by atoms with E-state index in [0.717, 1.165) is 0 Å². The Kier molecular flexibility index (Phi) is 4.31. The average Bonchev–Trinajstić information content (AvgIpc) is 2.21. The van der Waals surface area contributed by atoms with Gasteiger partial charge in [-0.15, -0.1) is 6.58 Å². The third-order valence-corrected chi connectivity index (χ3v) is 2.20. The Morgan fingerprint density at radius 1 is 1.60 bits per heavy atom. The molecule has 80 valence electrons. The Bertz CT molecular complexity index is 359. The molecule has 1 aromatic rings. The molecule has 0 heterocycles. The van der Waals surface area contributed by atoms with E-state index in [-0.39, 0.29) is 22.9 Å². The summed E-state index contributed by atoms with van der Waals surface area (Å²) in [6.45, 7) is 3.83. The highest BCUT2D eigenvalue weighted by Crippen LogP contribution is 2.19. The second-order valence-corrected chi connectivity index (χ2v) is 3.38. The van der Waals surface area contributed by atoms with E-state index in [4.69, 9.17) is 11.6 Å². The molecule has 0 aliphatic heterocycles. The van der Waals surface area contributed by atoms with E-state index in [2.05, 4.69) is 11.9 Å². The van der Waals surface area contributed by atoms with Gasteiger partial charge in [-0.25, -0.2) is 4.39 Å². The van der Waals surface area contributed by atoms with Gasteiger partial charge >= 0.3 is 0 Å². The molecule has 4 heteroatoms. The van der Waals surface area contributed by atoms with Crippen molar-refractivity contribution in [2.24, 2.45) is 0 Å². The molecule has 1 aromatic carbocycles. The van der Waals surface area contributed by atoms with Crippen molar-refractivity contribution in [3.8, 4) is 0 Å². The molecule has 0 saturated heterocycles. The molecule has 0 bridgehead atoms. The van der Waals surface area contributed by atoms with Crippen LogP contribution in [0.15, 0.2) is 30.9 Å². The van der Waals surface area contributed by atoms with Gasteiger partial charge in [0, 0.05) is 17.1 Å². The first-order valence-corrected chi connectivity index (χ1v) is 4.83. The zero-order valence-corrected chi connectivity index (χ0v) is 8.85. The fraction of sp³-hybridized carbons (Fsp3) is 0.182. The lowest BCUT2D eigenvalue weighted by Crippen LogP contribution is -2.25. The van der Waals surface area contributed by atoms with Crippen LogP contribution in [-0.2, 0) is 11.2 Å². The molecule has 15 heavy (non-hydrogen) atoms. The van der Waals surface area contributed by atoms with Crippen LogP contribution in [0.3, 0.4) is 0 Å². The molecular formula is C11H11ClFNO. The number of nitrogens with one attached hydrogen (secondary N) is 1. The maximum atomic E-state index is 13.2. The van der Waals surface area contributed by atoms with Crippen molar-refractivity contribution in [1.29, 1.82) is 0 Å². The SMILES string of the molecule is C=CCNC(=O)Cc1c(F)cccc1Cl. The zero-order chi connectivity index (χ0) is 11.3. The summed E-state index contributed by atoms with van der Waals surface area (Å²) in [6, 6.07) is 4.34. The van der Waals surface area contributed by atoms with Crippen molar-refractivity contribution in [3.63, 3.8) is 0 Å². The monoisotopic (exact) mass is 227 g/mol. The van der Waals surface area contributed by atoms with Crippen LogP contribution in [-0.4, -0.2) is 12.5 Å². The van der Waals surface area contributed by atoms with Crippen LogP contribution in [0.2, 0.25) is 5.02 Å². The Hall–Kier alpha value is -1.35. The highest BCUT2D eigenvalue weighted by Gasteiger charge is 2.10. The number of hydrogen-bond acceptors (Lipinski definition) is 1. The Morgan fingerprint density at radius 3 is 2.93 bits per heavy atom. The van der Waals surface area contributed by atoms with Crippen molar-refractivity contribution in [3.05, 3.63) is 47.3 Å². The number of hydrogen-bond donors (Lipinski definition) is 1. The average molecular weight is 228 g/mol. The normalized spacial score (nSPS) is 9.73. The molecular weight excluding hydrogens is 217 g/mol. The maximum Gasteiger partial charge on any atom is 0.224 e. The Morgan fingerprint density at radius 2 is 2.33 bits per heavy atom. The van der Waals surface area contributed by atoms with Crippen molar-refractivity contribution in [1.82, 2.24) is 5.32 Å². The van der Waals surface area contributed by atoms with Gasteiger partial charge in [-0.1, -0.05) is 23.7 Å². The molecule has 0 radical (unpaired) electrons. The van der Waals surface area contributed by atoms with Gasteiger partial charge in [0.25, 0.3) is 0 Å². The maximum absolute atomic E-state index is 13.2. The summed E-state index contributed by atoms with van der Waals surface area (Å²) in [7, 11) is 0. The number of benzene rings is 1. The van der Waals surface area contributed by atoms with E-state index in [1.807, 2.05) is 0 Å². The Labute approximate surface area is 92.7 Å². The molecule has 0 fully saturated rings. The second kappa shape index (κ2) is 5.51. The minimum Gasteiger partial charge on any atom is -0.352 e. The van der Waals surface area contributed by atoms with E-state index < -0.39 is 5.82 Å². The van der Waals surface area contributed by atoms with Gasteiger partial charge in [-0.2, -0.15) is 0 Å². The van der Waals surface area contributed by atoms with Crippen LogP contribution in [0.1, 0.15) is 5.56 Å². The lowest BCUT2D eigenvalue weighted by Gasteiger charge is -2.05. The van der Waals surface area contributed by atoms with Gasteiger partial charge in [-0.3, -0.25) is 4.79 Å². The van der Waals surface area contributed by atoms with Gasteiger partial charge in [0.15, 0.2) is 0 Å². The molecule has 0 saturated carbocycles. The first-order valence-electron chi connectivity index (χ1n) is 4.45. The molecule has 0 atom stereocenters. The minimum absolute atomic E-state index is 0.0562. The summed E-state index contributed by atoms with van der Waals surface area (Å²) in [5.74, 6) is -0.738. The number of halogens is 2. The zero-order valence-electron chi connectivity index (χ0n) is 8.09. The molecule has 0 aromatic heterocycles. The van der Waals surface area contributed by atoms with E-state index in [1.165, 1.54) is 12.1 Å². The topological polar surface area (TPSA) is 29.1 Å². The first kappa shape index (κ1) is 11.7. The summed E-state index contributed by atoms with van der Waals surface area (Å²) in [6.07, 6.45) is 1.50. The smallest absolute Gasteiger partial charge is 0.224 e. The molecule has 1 rings (SSSR count). The van der Waals surface area contributed by atoms with Gasteiger partial charge in [0.2, 0.25) is 5.91 Å². The third kappa shape index (κ3) is 3.36. The standard InChI is InChI=1S/C11H11ClFNO/c1-2-6-14-11(15)7-8-9(12)4-3-5-10(8)13/h2-5H,1,6-7H2,(H,14,15). The molecule has 0 unspecified atom stereocenters. The number of carbonyl (C=O) groups excluding carboxylic acids is 1. The Balaban J connectivity index is 2.71. The molecule has 2 nitrogen and oxygen atoms in total. The third-order valence-electron chi connectivity index (χ3n) is 1.84. The molecule has 0 spiro atoms. The summed E-state index contributed by atoms with van der Waals surface area (Å²) in [5, 5.41) is 2.82. The van der Waals surface area contributed by atoms with Crippen LogP contribution in [0.25, 0.3) is 0 Å². The lowest BCUT2D eigenvalue weighted by atomic mass is 10.1. The summed E-state index contributed by atoms with van der Waals surface area (Å²) in [5.41, 5.74) is 0.223. The van der Waals surface area contributed by atoms with Gasteiger partial charge in [0.05, 0.1) is 6.42 Å². The van der Waals surface area contributed by atoms with Crippen LogP contribution in [0, 0.1) is 5.82 Å². The molecule has 0 aliphatic rings. The summed E-state index contributed by atoms with van der Waals surface area (Å²) < 4.78 is 13.2. The lowest BCUT2D eigenvalue weighted by molar-refractivity contribution is -0.120. The number of rotatable bonds is 4. The summed E-state index contributed by atoms with van der Waals surface area (Å²) in [4.78, 5) is 11.3. The van der Waals surface area contributed by atoms with Gasteiger partial charge in [0.1, 0.15) is 5.82 Å².